The zero-order valence-corrected chi connectivity index (χ0v) is 12.1. The number of hydrogen-bond acceptors (Lipinski definition) is 4. The van der Waals surface area contributed by atoms with Crippen molar-refractivity contribution in [3.05, 3.63) is 23.8 Å². The second-order valence-electron chi connectivity index (χ2n) is 5.79. The number of nitrogens with zero attached hydrogens (tertiary/aromatic N) is 2. The number of nitriles is 1. The Kier molecular flexibility index (Phi) is 3.46. The summed E-state index contributed by atoms with van der Waals surface area (Å²) in [4.78, 5) is 14.5. The largest absolute Gasteiger partial charge is 0.486 e. The Morgan fingerprint density at radius 3 is 2.71 bits per heavy atom. The van der Waals surface area contributed by atoms with Crippen LogP contribution in [-0.4, -0.2) is 37.1 Å². The molecule has 0 radical (unpaired) electrons. The van der Waals surface area contributed by atoms with E-state index in [2.05, 4.69) is 6.07 Å². The first-order valence-corrected chi connectivity index (χ1v) is 7.22. The highest BCUT2D eigenvalue weighted by molar-refractivity contribution is 5.98. The van der Waals surface area contributed by atoms with Crippen LogP contribution in [0.25, 0.3) is 0 Å². The molecule has 0 bridgehead atoms. The van der Waals surface area contributed by atoms with Gasteiger partial charge in [0.25, 0.3) is 5.91 Å². The second kappa shape index (κ2) is 5.28. The van der Waals surface area contributed by atoms with Crippen LogP contribution in [0, 0.1) is 16.7 Å². The van der Waals surface area contributed by atoms with Gasteiger partial charge in [0.05, 0.1) is 17.0 Å². The molecule has 0 N–H and O–H groups in total. The van der Waals surface area contributed by atoms with E-state index in [1.807, 2.05) is 19.1 Å². The number of amides is 1. The molecule has 0 spiro atoms. The zero-order chi connectivity index (χ0) is 14.9. The SMILES string of the molecule is CC1(C#N)CCN(C(=O)c2cccc3c2OCCO3)CC1. The van der Waals surface area contributed by atoms with Crippen LogP contribution in [0.15, 0.2) is 18.2 Å². The molecular formula is C16H18N2O3. The Morgan fingerprint density at radius 2 is 2.00 bits per heavy atom. The van der Waals surface area contributed by atoms with E-state index in [4.69, 9.17) is 14.7 Å². The van der Waals surface area contributed by atoms with Crippen molar-refractivity contribution in [2.75, 3.05) is 26.3 Å². The van der Waals surface area contributed by atoms with Crippen LogP contribution in [0.4, 0.5) is 0 Å². The lowest BCUT2D eigenvalue weighted by molar-refractivity contribution is 0.0652. The van der Waals surface area contributed by atoms with E-state index < -0.39 is 0 Å². The van der Waals surface area contributed by atoms with E-state index in [9.17, 15) is 4.79 Å². The molecule has 1 aromatic carbocycles. The predicted octanol–water partition coefficient (Wildman–Crippen LogP) is 2.22. The summed E-state index contributed by atoms with van der Waals surface area (Å²) in [5.41, 5.74) is 0.236. The Bertz CT molecular complexity index is 598. The van der Waals surface area contributed by atoms with Gasteiger partial charge in [-0.05, 0) is 31.9 Å². The highest BCUT2D eigenvalue weighted by Gasteiger charge is 2.33. The highest BCUT2D eigenvalue weighted by atomic mass is 16.6. The lowest BCUT2D eigenvalue weighted by Crippen LogP contribution is -2.41. The summed E-state index contributed by atoms with van der Waals surface area (Å²) in [6, 6.07) is 7.74. The first kappa shape index (κ1) is 13.7. The number of rotatable bonds is 1. The molecule has 2 heterocycles. The van der Waals surface area contributed by atoms with Crippen LogP contribution < -0.4 is 9.47 Å². The van der Waals surface area contributed by atoms with Gasteiger partial charge in [0, 0.05) is 13.1 Å². The van der Waals surface area contributed by atoms with E-state index in [0.29, 0.717) is 56.2 Å². The molecule has 1 amide bonds. The smallest absolute Gasteiger partial charge is 0.257 e. The van der Waals surface area contributed by atoms with Crippen molar-refractivity contribution >= 4 is 5.91 Å². The average molecular weight is 286 g/mol. The minimum Gasteiger partial charge on any atom is -0.486 e. The monoisotopic (exact) mass is 286 g/mol. The third-order valence-corrected chi connectivity index (χ3v) is 4.22. The van der Waals surface area contributed by atoms with Crippen molar-refractivity contribution in [3.63, 3.8) is 0 Å². The number of likely N-dealkylation sites (tertiary alicyclic amines) is 1. The van der Waals surface area contributed by atoms with Crippen LogP contribution >= 0.6 is 0 Å². The number of piperidine rings is 1. The van der Waals surface area contributed by atoms with Crippen molar-refractivity contribution in [1.29, 1.82) is 5.26 Å². The first-order chi connectivity index (χ1) is 10.1. The number of benzene rings is 1. The van der Waals surface area contributed by atoms with Gasteiger partial charge >= 0.3 is 0 Å². The van der Waals surface area contributed by atoms with Gasteiger partial charge in [-0.1, -0.05) is 6.07 Å². The van der Waals surface area contributed by atoms with Gasteiger partial charge in [0.1, 0.15) is 13.2 Å². The number of carbonyl (C=O) groups is 1. The molecule has 110 valence electrons. The van der Waals surface area contributed by atoms with Crippen molar-refractivity contribution in [2.24, 2.45) is 5.41 Å². The molecule has 0 aromatic heterocycles. The summed E-state index contributed by atoms with van der Waals surface area (Å²) in [6.07, 6.45) is 1.42. The van der Waals surface area contributed by atoms with Gasteiger partial charge in [-0.3, -0.25) is 4.79 Å². The molecule has 0 atom stereocenters. The second-order valence-corrected chi connectivity index (χ2v) is 5.79. The van der Waals surface area contributed by atoms with Crippen molar-refractivity contribution in [2.45, 2.75) is 19.8 Å². The predicted molar refractivity (Wildman–Crippen MR) is 76.3 cm³/mol. The Morgan fingerprint density at radius 1 is 1.29 bits per heavy atom. The molecule has 1 saturated heterocycles. The van der Waals surface area contributed by atoms with Crippen molar-refractivity contribution in [3.8, 4) is 17.6 Å². The van der Waals surface area contributed by atoms with E-state index in [1.165, 1.54) is 0 Å². The lowest BCUT2D eigenvalue weighted by Gasteiger charge is -2.35. The molecule has 3 rings (SSSR count). The molecule has 1 fully saturated rings. The minimum absolute atomic E-state index is 0.0441. The first-order valence-electron chi connectivity index (χ1n) is 7.22. The van der Waals surface area contributed by atoms with Crippen LogP contribution in [-0.2, 0) is 0 Å². The Labute approximate surface area is 124 Å². The third kappa shape index (κ3) is 2.54. The van der Waals surface area contributed by atoms with Crippen LogP contribution in [0.5, 0.6) is 11.5 Å². The van der Waals surface area contributed by atoms with E-state index in [-0.39, 0.29) is 11.3 Å². The quantitative estimate of drug-likeness (QED) is 0.794. The highest BCUT2D eigenvalue weighted by Crippen LogP contribution is 2.36. The topological polar surface area (TPSA) is 62.6 Å². The Hall–Kier alpha value is -2.22. The molecule has 2 aliphatic heterocycles. The van der Waals surface area contributed by atoms with Gasteiger partial charge in [0.2, 0.25) is 0 Å². The lowest BCUT2D eigenvalue weighted by atomic mass is 9.82. The molecular weight excluding hydrogens is 268 g/mol. The van der Waals surface area contributed by atoms with Gasteiger partial charge in [-0.15, -0.1) is 0 Å². The fourth-order valence-electron chi connectivity index (χ4n) is 2.73. The van der Waals surface area contributed by atoms with Gasteiger partial charge in [-0.25, -0.2) is 0 Å². The number of hydrogen-bond donors (Lipinski definition) is 0. The summed E-state index contributed by atoms with van der Waals surface area (Å²) in [6.45, 7) is 4.13. The molecule has 21 heavy (non-hydrogen) atoms. The van der Waals surface area contributed by atoms with E-state index in [1.54, 1.807) is 11.0 Å². The van der Waals surface area contributed by atoms with Crippen LogP contribution in [0.1, 0.15) is 30.1 Å². The average Bonchev–Trinajstić information content (AvgIpc) is 2.54. The molecule has 1 aromatic rings. The third-order valence-electron chi connectivity index (χ3n) is 4.22. The fraction of sp³-hybridized carbons (Fsp3) is 0.500. The summed E-state index contributed by atoms with van der Waals surface area (Å²) in [5.74, 6) is 1.13. The molecule has 5 nitrogen and oxygen atoms in total. The van der Waals surface area contributed by atoms with E-state index >= 15 is 0 Å². The number of fused-ring (bicyclic) bond motifs is 1. The maximum atomic E-state index is 12.7. The van der Waals surface area contributed by atoms with Crippen molar-refractivity contribution in [1.82, 2.24) is 4.90 Å². The summed E-state index contributed by atoms with van der Waals surface area (Å²) in [5, 5.41) is 9.16. The normalized spacial score (nSPS) is 19.7. The van der Waals surface area contributed by atoms with Crippen LogP contribution in [0.3, 0.4) is 0 Å². The van der Waals surface area contributed by atoms with Gasteiger partial charge in [-0.2, -0.15) is 5.26 Å². The van der Waals surface area contributed by atoms with E-state index in [0.717, 1.165) is 0 Å². The maximum absolute atomic E-state index is 12.7. The number of carbonyl (C=O) groups excluding carboxylic acids is 1. The summed E-state index contributed by atoms with van der Waals surface area (Å²) < 4.78 is 11.1. The summed E-state index contributed by atoms with van der Waals surface area (Å²) in [7, 11) is 0. The number of para-hydroxylation sites is 1. The molecule has 5 heteroatoms. The minimum atomic E-state index is -0.313. The Balaban J connectivity index is 1.80. The maximum Gasteiger partial charge on any atom is 0.257 e. The van der Waals surface area contributed by atoms with Crippen molar-refractivity contribution < 1.29 is 14.3 Å². The van der Waals surface area contributed by atoms with Crippen LogP contribution in [0.2, 0.25) is 0 Å². The molecule has 0 aliphatic carbocycles. The standard InChI is InChI=1S/C16H18N2O3/c1-16(11-17)5-7-18(8-6-16)15(19)12-3-2-4-13-14(12)21-10-9-20-13/h2-4H,5-10H2,1H3. The van der Waals surface area contributed by atoms with Gasteiger partial charge in [0.15, 0.2) is 11.5 Å². The molecule has 2 aliphatic rings. The van der Waals surface area contributed by atoms with Gasteiger partial charge < -0.3 is 14.4 Å². The molecule has 0 saturated carbocycles. The number of ether oxygens (including phenoxy) is 2. The summed E-state index contributed by atoms with van der Waals surface area (Å²) >= 11 is 0. The fourth-order valence-corrected chi connectivity index (χ4v) is 2.73. The molecule has 0 unspecified atom stereocenters. The zero-order valence-electron chi connectivity index (χ0n) is 12.1.